The summed E-state index contributed by atoms with van der Waals surface area (Å²) in [6.07, 6.45) is 3.38. The van der Waals surface area contributed by atoms with Gasteiger partial charge in [-0.05, 0) is 24.3 Å². The van der Waals surface area contributed by atoms with Crippen LogP contribution in [0.2, 0.25) is 0 Å². The van der Waals surface area contributed by atoms with E-state index in [1.165, 1.54) is 0 Å². The molecule has 0 bridgehead atoms. The Kier molecular flexibility index (Phi) is 3.29. The standard InChI is InChI=1S/C16H16N4S/c1-16(2,3)13-9-14(21)20-15(19-13)10-4-5-11-12(8-10)18-7-6-17-11/h4-9H,1-3H3,(H,19,20,21). The zero-order valence-electron chi connectivity index (χ0n) is 12.2. The average Bonchev–Trinajstić information content (AvgIpc) is 2.45. The summed E-state index contributed by atoms with van der Waals surface area (Å²) in [5.41, 5.74) is 3.73. The summed E-state index contributed by atoms with van der Waals surface area (Å²) in [6.45, 7) is 6.43. The van der Waals surface area contributed by atoms with Crippen molar-refractivity contribution in [3.63, 3.8) is 0 Å². The van der Waals surface area contributed by atoms with Crippen LogP contribution in [0.4, 0.5) is 0 Å². The number of nitrogens with one attached hydrogen (secondary N) is 1. The number of rotatable bonds is 1. The summed E-state index contributed by atoms with van der Waals surface area (Å²) in [7, 11) is 0. The first kappa shape index (κ1) is 13.8. The van der Waals surface area contributed by atoms with Gasteiger partial charge in [-0.2, -0.15) is 0 Å². The van der Waals surface area contributed by atoms with E-state index in [1.54, 1.807) is 12.4 Å². The molecule has 5 heteroatoms. The van der Waals surface area contributed by atoms with Crippen LogP contribution in [0.5, 0.6) is 0 Å². The van der Waals surface area contributed by atoms with Gasteiger partial charge in [0.15, 0.2) is 0 Å². The molecule has 0 amide bonds. The predicted molar refractivity (Wildman–Crippen MR) is 86.7 cm³/mol. The van der Waals surface area contributed by atoms with Crippen LogP contribution in [0.25, 0.3) is 22.4 Å². The van der Waals surface area contributed by atoms with E-state index in [1.807, 2.05) is 24.3 Å². The van der Waals surface area contributed by atoms with E-state index in [-0.39, 0.29) is 5.41 Å². The van der Waals surface area contributed by atoms with Gasteiger partial charge in [-0.15, -0.1) is 0 Å². The van der Waals surface area contributed by atoms with Gasteiger partial charge >= 0.3 is 0 Å². The highest BCUT2D eigenvalue weighted by Gasteiger charge is 2.16. The van der Waals surface area contributed by atoms with Crippen molar-refractivity contribution in [2.75, 3.05) is 0 Å². The third kappa shape index (κ3) is 2.83. The molecule has 2 heterocycles. The van der Waals surface area contributed by atoms with Crippen molar-refractivity contribution in [1.29, 1.82) is 0 Å². The highest BCUT2D eigenvalue weighted by atomic mass is 32.1. The monoisotopic (exact) mass is 296 g/mol. The van der Waals surface area contributed by atoms with Crippen molar-refractivity contribution in [2.24, 2.45) is 0 Å². The fraction of sp³-hybridized carbons (Fsp3) is 0.250. The third-order valence-electron chi connectivity index (χ3n) is 3.29. The second-order valence-electron chi connectivity index (χ2n) is 5.99. The first-order valence-corrected chi connectivity index (χ1v) is 7.17. The molecule has 0 fully saturated rings. The summed E-state index contributed by atoms with van der Waals surface area (Å²) in [4.78, 5) is 16.4. The second kappa shape index (κ2) is 5.00. The molecule has 0 unspecified atom stereocenters. The molecule has 1 aromatic carbocycles. The minimum atomic E-state index is -0.0120. The van der Waals surface area contributed by atoms with Crippen LogP contribution < -0.4 is 0 Å². The lowest BCUT2D eigenvalue weighted by Gasteiger charge is -2.19. The molecule has 106 valence electrons. The van der Waals surface area contributed by atoms with Gasteiger partial charge in [0.1, 0.15) is 10.5 Å². The number of aromatic amines is 1. The molecule has 0 aliphatic heterocycles. The molecule has 0 radical (unpaired) electrons. The topological polar surface area (TPSA) is 54.5 Å². The number of nitrogens with zero attached hydrogens (tertiary/aromatic N) is 3. The SMILES string of the molecule is CC(C)(C)c1cc(=S)nc(-c2ccc3nccnc3c2)[nH]1. The predicted octanol–water partition coefficient (Wildman–Crippen LogP) is 4.05. The molecule has 0 saturated heterocycles. The maximum Gasteiger partial charge on any atom is 0.139 e. The summed E-state index contributed by atoms with van der Waals surface area (Å²) in [5, 5.41) is 0. The summed E-state index contributed by atoms with van der Waals surface area (Å²) in [6, 6.07) is 7.82. The Morgan fingerprint density at radius 1 is 1.00 bits per heavy atom. The van der Waals surface area contributed by atoms with Crippen LogP contribution >= 0.6 is 12.2 Å². The van der Waals surface area contributed by atoms with Crippen LogP contribution in [-0.2, 0) is 5.41 Å². The molecule has 3 aromatic rings. The fourth-order valence-electron chi connectivity index (χ4n) is 2.11. The smallest absolute Gasteiger partial charge is 0.139 e. The molecule has 3 rings (SSSR count). The second-order valence-corrected chi connectivity index (χ2v) is 6.41. The van der Waals surface area contributed by atoms with Crippen molar-refractivity contribution >= 4 is 23.3 Å². The van der Waals surface area contributed by atoms with E-state index in [0.717, 1.165) is 28.1 Å². The Morgan fingerprint density at radius 3 is 2.43 bits per heavy atom. The first-order valence-electron chi connectivity index (χ1n) is 6.76. The molecule has 21 heavy (non-hydrogen) atoms. The minimum absolute atomic E-state index is 0.0120. The van der Waals surface area contributed by atoms with Gasteiger partial charge in [-0.3, -0.25) is 9.97 Å². The van der Waals surface area contributed by atoms with Crippen molar-refractivity contribution in [3.05, 3.63) is 47.0 Å². The molecule has 0 aliphatic carbocycles. The summed E-state index contributed by atoms with van der Waals surface area (Å²) in [5.74, 6) is 0.764. The van der Waals surface area contributed by atoms with Gasteiger partial charge in [0, 0.05) is 29.1 Å². The average molecular weight is 296 g/mol. The fourth-order valence-corrected chi connectivity index (χ4v) is 2.32. The Hall–Kier alpha value is -2.14. The van der Waals surface area contributed by atoms with Crippen molar-refractivity contribution < 1.29 is 0 Å². The lowest BCUT2D eigenvalue weighted by Crippen LogP contribution is -2.14. The number of fused-ring (bicyclic) bond motifs is 1. The molecule has 0 saturated carbocycles. The Bertz CT molecular complexity index is 862. The van der Waals surface area contributed by atoms with Crippen LogP contribution in [0.3, 0.4) is 0 Å². The van der Waals surface area contributed by atoms with Crippen molar-refractivity contribution in [3.8, 4) is 11.4 Å². The molecular formula is C16H16N4S. The molecular weight excluding hydrogens is 280 g/mol. The zero-order chi connectivity index (χ0) is 15.0. The number of hydrogen-bond donors (Lipinski definition) is 1. The van der Waals surface area contributed by atoms with Gasteiger partial charge in [0.2, 0.25) is 0 Å². The highest BCUT2D eigenvalue weighted by Crippen LogP contribution is 2.24. The molecule has 0 spiro atoms. The number of benzene rings is 1. The molecule has 4 nitrogen and oxygen atoms in total. The molecule has 0 aliphatic rings. The normalized spacial score (nSPS) is 11.8. The maximum atomic E-state index is 5.29. The van der Waals surface area contributed by atoms with E-state index in [0.29, 0.717) is 4.64 Å². The molecule has 2 aromatic heterocycles. The Morgan fingerprint density at radius 2 is 1.71 bits per heavy atom. The molecule has 0 atom stereocenters. The van der Waals surface area contributed by atoms with Crippen molar-refractivity contribution in [2.45, 2.75) is 26.2 Å². The van der Waals surface area contributed by atoms with Gasteiger partial charge < -0.3 is 4.98 Å². The van der Waals surface area contributed by atoms with Gasteiger partial charge in [0.05, 0.1) is 11.0 Å². The third-order valence-corrected chi connectivity index (χ3v) is 3.50. The van der Waals surface area contributed by atoms with Crippen LogP contribution in [0.15, 0.2) is 36.7 Å². The largest absolute Gasteiger partial charge is 0.343 e. The lowest BCUT2D eigenvalue weighted by molar-refractivity contribution is 0.567. The Labute approximate surface area is 128 Å². The Balaban J connectivity index is 2.18. The van der Waals surface area contributed by atoms with E-state index >= 15 is 0 Å². The summed E-state index contributed by atoms with van der Waals surface area (Å²) >= 11 is 5.29. The van der Waals surface area contributed by atoms with E-state index in [4.69, 9.17) is 12.2 Å². The van der Waals surface area contributed by atoms with Crippen molar-refractivity contribution in [1.82, 2.24) is 19.9 Å². The molecule has 1 N–H and O–H groups in total. The van der Waals surface area contributed by atoms with E-state index in [9.17, 15) is 0 Å². The summed E-state index contributed by atoms with van der Waals surface area (Å²) < 4.78 is 0.591. The highest BCUT2D eigenvalue weighted by molar-refractivity contribution is 7.71. The number of hydrogen-bond acceptors (Lipinski definition) is 4. The number of H-pyrrole nitrogens is 1. The van der Waals surface area contributed by atoms with Crippen LogP contribution in [0, 0.1) is 4.64 Å². The van der Waals surface area contributed by atoms with Crippen LogP contribution in [-0.4, -0.2) is 19.9 Å². The quantitative estimate of drug-likeness (QED) is 0.688. The first-order chi connectivity index (χ1) is 9.93. The lowest BCUT2D eigenvalue weighted by atomic mass is 9.92. The van der Waals surface area contributed by atoms with Crippen LogP contribution in [0.1, 0.15) is 26.5 Å². The van der Waals surface area contributed by atoms with Gasteiger partial charge in [-0.1, -0.05) is 33.0 Å². The van der Waals surface area contributed by atoms with Gasteiger partial charge in [-0.25, -0.2) is 4.98 Å². The van der Waals surface area contributed by atoms with Gasteiger partial charge in [0.25, 0.3) is 0 Å². The minimum Gasteiger partial charge on any atom is -0.343 e. The number of aromatic nitrogens is 4. The maximum absolute atomic E-state index is 5.29. The van der Waals surface area contributed by atoms with E-state index in [2.05, 4.69) is 40.7 Å². The zero-order valence-corrected chi connectivity index (χ0v) is 13.0. The van der Waals surface area contributed by atoms with E-state index < -0.39 is 0 Å².